The third-order valence-corrected chi connectivity index (χ3v) is 3.02. The second-order valence-corrected chi connectivity index (χ2v) is 4.03. The van der Waals surface area contributed by atoms with Gasteiger partial charge in [0.2, 0.25) is 0 Å². The second kappa shape index (κ2) is 7.17. The van der Waals surface area contributed by atoms with Gasteiger partial charge in [-0.05, 0) is 44.4 Å². The van der Waals surface area contributed by atoms with Gasteiger partial charge >= 0.3 is 0 Å². The topological polar surface area (TPSA) is 44.5 Å². The van der Waals surface area contributed by atoms with Crippen molar-refractivity contribution in [2.24, 2.45) is 5.73 Å². The number of nitrogens with two attached hydrogens (primary N) is 1. The molecule has 0 aromatic heterocycles. The minimum absolute atomic E-state index is 0.744. The highest BCUT2D eigenvalue weighted by molar-refractivity contribution is 5.48. The van der Waals surface area contributed by atoms with E-state index in [1.807, 2.05) is 12.1 Å². The first-order valence-corrected chi connectivity index (χ1v) is 6.21. The van der Waals surface area contributed by atoms with E-state index < -0.39 is 0 Å². The van der Waals surface area contributed by atoms with E-state index in [1.165, 1.54) is 11.1 Å². The number of ether oxygens (including phenoxy) is 2. The Kier molecular flexibility index (Phi) is 5.84. The smallest absolute Gasteiger partial charge is 0.122 e. The van der Waals surface area contributed by atoms with E-state index in [9.17, 15) is 0 Å². The maximum atomic E-state index is 5.53. The average Bonchev–Trinajstić information content (AvgIpc) is 2.38. The fourth-order valence-corrected chi connectivity index (χ4v) is 2.14. The van der Waals surface area contributed by atoms with E-state index in [0.29, 0.717) is 0 Å². The van der Waals surface area contributed by atoms with Crippen LogP contribution >= 0.6 is 0 Å². The van der Waals surface area contributed by atoms with E-state index in [1.54, 1.807) is 14.2 Å². The monoisotopic (exact) mass is 237 g/mol. The van der Waals surface area contributed by atoms with Gasteiger partial charge in [-0.25, -0.2) is 0 Å². The van der Waals surface area contributed by atoms with Crippen LogP contribution in [0.1, 0.15) is 30.9 Å². The summed E-state index contributed by atoms with van der Waals surface area (Å²) in [6.07, 6.45) is 4.09. The molecule has 0 saturated heterocycles. The van der Waals surface area contributed by atoms with E-state index >= 15 is 0 Å². The first-order chi connectivity index (χ1) is 8.28. The molecule has 0 aliphatic rings. The fraction of sp³-hybridized carbons (Fsp3) is 0.571. The molecule has 1 aromatic rings. The molecule has 17 heavy (non-hydrogen) atoms. The molecule has 0 aliphatic heterocycles. The Balaban J connectivity index is 3.02. The zero-order chi connectivity index (χ0) is 12.7. The number of methoxy groups -OCH3 is 2. The molecule has 0 bridgehead atoms. The highest BCUT2D eigenvalue weighted by atomic mass is 16.5. The summed E-state index contributed by atoms with van der Waals surface area (Å²) in [6.45, 7) is 2.89. The summed E-state index contributed by atoms with van der Waals surface area (Å²) in [5.41, 5.74) is 8.05. The van der Waals surface area contributed by atoms with Crippen LogP contribution in [0.3, 0.4) is 0 Å². The zero-order valence-corrected chi connectivity index (χ0v) is 11.1. The lowest BCUT2D eigenvalue weighted by Gasteiger charge is -2.16. The lowest BCUT2D eigenvalue weighted by atomic mass is 9.98. The first kappa shape index (κ1) is 13.8. The van der Waals surface area contributed by atoms with Crippen molar-refractivity contribution in [1.29, 1.82) is 0 Å². The summed E-state index contributed by atoms with van der Waals surface area (Å²) in [7, 11) is 3.43. The van der Waals surface area contributed by atoms with Crippen molar-refractivity contribution in [2.75, 3.05) is 20.8 Å². The van der Waals surface area contributed by atoms with Crippen LogP contribution in [-0.4, -0.2) is 20.8 Å². The normalized spacial score (nSPS) is 10.4. The van der Waals surface area contributed by atoms with Crippen LogP contribution in [0, 0.1) is 0 Å². The number of benzene rings is 1. The predicted octanol–water partition coefficient (Wildman–Crippen LogP) is 2.55. The Morgan fingerprint density at radius 2 is 1.59 bits per heavy atom. The molecule has 0 fully saturated rings. The third-order valence-electron chi connectivity index (χ3n) is 3.02. The summed E-state index contributed by atoms with van der Waals surface area (Å²) < 4.78 is 10.8. The third kappa shape index (κ3) is 3.37. The molecule has 1 aromatic carbocycles. The lowest BCUT2D eigenvalue weighted by molar-refractivity contribution is 0.394. The molecular formula is C14H23NO2. The van der Waals surface area contributed by atoms with Crippen LogP contribution in [-0.2, 0) is 12.8 Å². The minimum Gasteiger partial charge on any atom is -0.496 e. The molecule has 0 aliphatic carbocycles. The number of rotatable bonds is 7. The molecule has 3 nitrogen and oxygen atoms in total. The van der Waals surface area contributed by atoms with Gasteiger partial charge in [0.05, 0.1) is 14.2 Å². The highest BCUT2D eigenvalue weighted by Gasteiger charge is 2.12. The van der Waals surface area contributed by atoms with Gasteiger partial charge in [0.25, 0.3) is 0 Å². The molecule has 96 valence electrons. The Bertz CT molecular complexity index is 350. The van der Waals surface area contributed by atoms with Gasteiger partial charge in [0.1, 0.15) is 11.5 Å². The second-order valence-electron chi connectivity index (χ2n) is 4.03. The first-order valence-electron chi connectivity index (χ1n) is 6.21. The fourth-order valence-electron chi connectivity index (χ4n) is 2.14. The summed E-state index contributed by atoms with van der Waals surface area (Å²) in [4.78, 5) is 0. The molecule has 0 heterocycles. The number of hydrogen-bond acceptors (Lipinski definition) is 3. The molecule has 0 radical (unpaired) electrons. The van der Waals surface area contributed by atoms with Gasteiger partial charge in [-0.1, -0.05) is 6.92 Å². The van der Waals surface area contributed by atoms with E-state index in [0.717, 1.165) is 43.7 Å². The van der Waals surface area contributed by atoms with Crippen LogP contribution in [0.5, 0.6) is 11.5 Å². The van der Waals surface area contributed by atoms with Gasteiger partial charge in [0, 0.05) is 11.1 Å². The van der Waals surface area contributed by atoms with Gasteiger partial charge in [-0.2, -0.15) is 0 Å². The van der Waals surface area contributed by atoms with Crippen molar-refractivity contribution in [3.05, 3.63) is 23.3 Å². The van der Waals surface area contributed by atoms with E-state index in [-0.39, 0.29) is 0 Å². The Morgan fingerprint density at radius 3 is 2.06 bits per heavy atom. The van der Waals surface area contributed by atoms with Crippen molar-refractivity contribution in [1.82, 2.24) is 0 Å². The summed E-state index contributed by atoms with van der Waals surface area (Å²) in [5.74, 6) is 1.91. The van der Waals surface area contributed by atoms with Crippen LogP contribution in [0.4, 0.5) is 0 Å². The quantitative estimate of drug-likeness (QED) is 0.741. The van der Waals surface area contributed by atoms with E-state index in [2.05, 4.69) is 6.92 Å². The van der Waals surface area contributed by atoms with Gasteiger partial charge in [0.15, 0.2) is 0 Å². The maximum absolute atomic E-state index is 5.53. The minimum atomic E-state index is 0.744. The summed E-state index contributed by atoms with van der Waals surface area (Å²) in [6, 6.07) is 3.96. The standard InChI is InChI=1S/C14H23NO2/c1-4-11-12(7-5-6-10-15)14(17-3)9-8-13(11)16-2/h8-9H,4-7,10,15H2,1-3H3. The molecule has 0 unspecified atom stereocenters. The van der Waals surface area contributed by atoms with Crippen LogP contribution < -0.4 is 15.2 Å². The van der Waals surface area contributed by atoms with Crippen LogP contribution in [0.15, 0.2) is 12.1 Å². The molecule has 3 heteroatoms. The van der Waals surface area contributed by atoms with Gasteiger partial charge in [-0.3, -0.25) is 0 Å². The lowest BCUT2D eigenvalue weighted by Crippen LogP contribution is -2.03. The van der Waals surface area contributed by atoms with Crippen molar-refractivity contribution in [3.63, 3.8) is 0 Å². The van der Waals surface area contributed by atoms with Gasteiger partial charge in [-0.15, -0.1) is 0 Å². The predicted molar refractivity (Wildman–Crippen MR) is 70.9 cm³/mol. The molecule has 0 spiro atoms. The number of hydrogen-bond donors (Lipinski definition) is 1. The van der Waals surface area contributed by atoms with Gasteiger partial charge < -0.3 is 15.2 Å². The van der Waals surface area contributed by atoms with E-state index in [4.69, 9.17) is 15.2 Å². The van der Waals surface area contributed by atoms with Crippen molar-refractivity contribution < 1.29 is 9.47 Å². The maximum Gasteiger partial charge on any atom is 0.122 e. The molecule has 0 saturated carbocycles. The summed E-state index contributed by atoms with van der Waals surface area (Å²) in [5, 5.41) is 0. The van der Waals surface area contributed by atoms with Crippen molar-refractivity contribution >= 4 is 0 Å². The van der Waals surface area contributed by atoms with Crippen LogP contribution in [0.25, 0.3) is 0 Å². The SMILES string of the molecule is CCc1c(OC)ccc(OC)c1CCCCN. The largest absolute Gasteiger partial charge is 0.496 e. The molecule has 0 atom stereocenters. The van der Waals surface area contributed by atoms with Crippen molar-refractivity contribution in [2.45, 2.75) is 32.6 Å². The zero-order valence-electron chi connectivity index (χ0n) is 11.1. The molecule has 2 N–H and O–H groups in total. The van der Waals surface area contributed by atoms with Crippen LogP contribution in [0.2, 0.25) is 0 Å². The average molecular weight is 237 g/mol. The van der Waals surface area contributed by atoms with Crippen molar-refractivity contribution in [3.8, 4) is 11.5 Å². The highest BCUT2D eigenvalue weighted by Crippen LogP contribution is 2.32. The number of unbranched alkanes of at least 4 members (excludes halogenated alkanes) is 1. The molecule has 0 amide bonds. The Labute approximate surface area is 104 Å². The molecular weight excluding hydrogens is 214 g/mol. The summed E-state index contributed by atoms with van der Waals surface area (Å²) >= 11 is 0. The Hall–Kier alpha value is -1.22. The Morgan fingerprint density at radius 1 is 1.00 bits per heavy atom. The molecule has 1 rings (SSSR count).